The number of aromatic nitrogens is 3. The molecular weight excluding hydrogens is 317 g/mol. The molecule has 8 nitrogen and oxygen atoms in total. The molecule has 5 rings (SSSR count). The molecule has 0 radical (unpaired) electrons. The van der Waals surface area contributed by atoms with Crippen molar-refractivity contribution in [2.45, 2.75) is 24.9 Å². The third-order valence-corrected chi connectivity index (χ3v) is 5.45. The number of pyridine rings is 1. The number of nitrogens with zero attached hydrogens (tertiary/aromatic N) is 4. The molecule has 2 unspecified atom stereocenters. The van der Waals surface area contributed by atoms with E-state index in [1.807, 2.05) is 4.90 Å². The molecule has 126 valence electrons. The molecule has 3 fully saturated rings. The van der Waals surface area contributed by atoms with E-state index in [0.29, 0.717) is 24.9 Å². The zero-order valence-electron chi connectivity index (χ0n) is 12.7. The summed E-state index contributed by atoms with van der Waals surface area (Å²) in [5.41, 5.74) is 4.27. The van der Waals surface area contributed by atoms with E-state index < -0.39 is 17.1 Å². The third-order valence-electron chi connectivity index (χ3n) is 5.45. The zero-order valence-corrected chi connectivity index (χ0v) is 12.7. The Kier molecular flexibility index (Phi) is 2.53. The first-order valence-corrected chi connectivity index (χ1v) is 8.05. The highest BCUT2D eigenvalue weighted by atomic mass is 19.1. The maximum absolute atomic E-state index is 14.5. The molecule has 0 bridgehead atoms. The molecule has 2 aliphatic carbocycles. The van der Waals surface area contributed by atoms with Crippen molar-refractivity contribution in [2.75, 3.05) is 18.0 Å². The highest BCUT2D eigenvalue weighted by molar-refractivity contribution is 5.77. The Hall–Kier alpha value is -2.42. The molecule has 0 aromatic carbocycles. The fourth-order valence-electron chi connectivity index (χ4n) is 3.83. The van der Waals surface area contributed by atoms with Crippen LogP contribution in [0, 0.1) is 17.7 Å². The number of piperidine rings is 1. The first-order chi connectivity index (χ1) is 11.5. The van der Waals surface area contributed by atoms with Crippen LogP contribution in [0.3, 0.4) is 0 Å². The van der Waals surface area contributed by atoms with Gasteiger partial charge in [0.25, 0.3) is 5.56 Å². The largest absolute Gasteiger partial charge is 0.421 e. The number of hydrogen-bond acceptors (Lipinski definition) is 6. The lowest BCUT2D eigenvalue weighted by Crippen LogP contribution is -2.39. The maximum Gasteiger partial charge on any atom is 0.366 e. The summed E-state index contributed by atoms with van der Waals surface area (Å²) >= 11 is 0. The quantitative estimate of drug-likeness (QED) is 0.729. The van der Waals surface area contributed by atoms with Crippen LogP contribution >= 0.6 is 0 Å². The van der Waals surface area contributed by atoms with Crippen molar-refractivity contribution in [3.63, 3.8) is 0 Å². The second-order valence-corrected chi connectivity index (χ2v) is 6.98. The molecule has 3 N–H and O–H groups in total. The van der Waals surface area contributed by atoms with Gasteiger partial charge in [-0.15, -0.1) is 0 Å². The minimum Gasteiger partial charge on any atom is -0.421 e. The topological polar surface area (TPSA) is 106 Å². The van der Waals surface area contributed by atoms with E-state index in [1.54, 1.807) is 0 Å². The first-order valence-electron chi connectivity index (χ1n) is 8.05. The Morgan fingerprint density at radius 2 is 1.92 bits per heavy atom. The van der Waals surface area contributed by atoms with Gasteiger partial charge in [0.1, 0.15) is 0 Å². The molecule has 24 heavy (non-hydrogen) atoms. The smallest absolute Gasteiger partial charge is 0.366 e. The van der Waals surface area contributed by atoms with Crippen molar-refractivity contribution in [1.82, 2.24) is 14.3 Å². The van der Waals surface area contributed by atoms with Gasteiger partial charge in [0.05, 0.1) is 5.39 Å². The van der Waals surface area contributed by atoms with Crippen molar-refractivity contribution in [3.8, 4) is 0 Å². The second-order valence-electron chi connectivity index (χ2n) is 6.98. The Labute approximate surface area is 134 Å². The summed E-state index contributed by atoms with van der Waals surface area (Å²) in [5.74, 6) is 0.234. The van der Waals surface area contributed by atoms with Crippen molar-refractivity contribution < 1.29 is 9.60 Å². The molecule has 2 atom stereocenters. The first kappa shape index (κ1) is 14.0. The van der Waals surface area contributed by atoms with Gasteiger partial charge in [0.15, 0.2) is 17.3 Å². The van der Waals surface area contributed by atoms with Gasteiger partial charge in [0.2, 0.25) is 0 Å². The van der Waals surface area contributed by atoms with Crippen LogP contribution in [0.5, 0.6) is 0 Å². The van der Waals surface area contributed by atoms with E-state index in [2.05, 4.69) is 4.98 Å². The summed E-state index contributed by atoms with van der Waals surface area (Å²) in [7, 11) is 0. The van der Waals surface area contributed by atoms with Gasteiger partial charge in [-0.25, -0.2) is 14.2 Å². The lowest BCUT2D eigenvalue weighted by atomic mass is 10.3. The van der Waals surface area contributed by atoms with Crippen molar-refractivity contribution in [1.29, 1.82) is 0 Å². The molecule has 2 aromatic rings. The van der Waals surface area contributed by atoms with Crippen LogP contribution in [-0.2, 0) is 0 Å². The van der Waals surface area contributed by atoms with Gasteiger partial charge in [-0.1, -0.05) is 4.73 Å². The molecule has 3 heterocycles. The molecular formula is C15H16FN5O3. The Bertz CT molecular complexity index is 983. The van der Waals surface area contributed by atoms with Gasteiger partial charge >= 0.3 is 5.69 Å². The Morgan fingerprint density at radius 3 is 2.54 bits per heavy atom. The molecule has 0 amide bonds. The minimum absolute atomic E-state index is 0.0332. The monoisotopic (exact) mass is 333 g/mol. The van der Waals surface area contributed by atoms with Crippen molar-refractivity contribution in [3.05, 3.63) is 32.7 Å². The number of rotatable bonds is 2. The van der Waals surface area contributed by atoms with E-state index in [4.69, 9.17) is 5.73 Å². The fourth-order valence-corrected chi connectivity index (χ4v) is 3.83. The Balaban J connectivity index is 1.72. The summed E-state index contributed by atoms with van der Waals surface area (Å²) in [6.45, 7) is 1.26. The van der Waals surface area contributed by atoms with Crippen LogP contribution < -0.4 is 21.9 Å². The average Bonchev–Trinajstić information content (AvgIpc) is 3.44. The summed E-state index contributed by atoms with van der Waals surface area (Å²) in [4.78, 5) is 30.4. The molecule has 9 heteroatoms. The second kappa shape index (κ2) is 4.35. The molecule has 2 aromatic heterocycles. The molecule has 3 aliphatic rings. The summed E-state index contributed by atoms with van der Waals surface area (Å²) in [6, 6.07) is 1.13. The summed E-state index contributed by atoms with van der Waals surface area (Å²) in [5, 5.41) is 9.61. The lowest BCUT2D eigenvalue weighted by molar-refractivity contribution is 0.157. The predicted octanol–water partition coefficient (Wildman–Crippen LogP) is -0.337. The average molecular weight is 333 g/mol. The van der Waals surface area contributed by atoms with Gasteiger partial charge in [-0.2, -0.15) is 0 Å². The SMILES string of the molecule is NC1C2CN(c3nc4c(cc3F)c(=O)n(O)c(=O)n4C3CC3)CC12. The molecule has 1 aliphatic heterocycles. The standard InChI is InChI=1S/C15H16FN5O3/c16-10-3-7-12(18-13(10)19-4-8-9(5-19)11(8)17)20(6-1-2-6)15(23)21(24)14(7)22/h3,6,8-9,11,24H,1-2,4-5,17H2. The van der Waals surface area contributed by atoms with Gasteiger partial charge in [-0.3, -0.25) is 9.36 Å². The normalized spacial score (nSPS) is 28.4. The van der Waals surface area contributed by atoms with E-state index >= 15 is 0 Å². The van der Waals surface area contributed by atoms with Crippen LogP contribution in [0.1, 0.15) is 18.9 Å². The highest BCUT2D eigenvalue weighted by Crippen LogP contribution is 2.45. The Morgan fingerprint density at radius 1 is 1.25 bits per heavy atom. The van der Waals surface area contributed by atoms with Gasteiger partial charge < -0.3 is 15.8 Å². The van der Waals surface area contributed by atoms with Crippen LogP contribution in [0.25, 0.3) is 11.0 Å². The van der Waals surface area contributed by atoms with Gasteiger partial charge in [-0.05, 0) is 30.7 Å². The van der Waals surface area contributed by atoms with E-state index in [0.717, 1.165) is 18.9 Å². The maximum atomic E-state index is 14.5. The summed E-state index contributed by atoms with van der Waals surface area (Å²) in [6.07, 6.45) is 1.54. The number of fused-ring (bicyclic) bond motifs is 2. The predicted molar refractivity (Wildman–Crippen MR) is 82.8 cm³/mol. The number of nitrogens with two attached hydrogens (primary N) is 1. The van der Waals surface area contributed by atoms with Crippen LogP contribution in [0.4, 0.5) is 10.2 Å². The van der Waals surface area contributed by atoms with E-state index in [1.165, 1.54) is 4.57 Å². The van der Waals surface area contributed by atoms with Crippen LogP contribution in [-0.4, -0.2) is 38.6 Å². The molecule has 0 spiro atoms. The number of hydrogen-bond donors (Lipinski definition) is 2. The summed E-state index contributed by atoms with van der Waals surface area (Å²) < 4.78 is 15.8. The third kappa shape index (κ3) is 1.73. The zero-order chi connectivity index (χ0) is 16.7. The highest BCUT2D eigenvalue weighted by Gasteiger charge is 2.54. The van der Waals surface area contributed by atoms with Crippen molar-refractivity contribution in [2.24, 2.45) is 17.6 Å². The van der Waals surface area contributed by atoms with Crippen LogP contribution in [0.15, 0.2) is 15.7 Å². The van der Waals surface area contributed by atoms with Crippen LogP contribution in [0.2, 0.25) is 0 Å². The molecule has 1 saturated heterocycles. The van der Waals surface area contributed by atoms with Crippen molar-refractivity contribution >= 4 is 16.9 Å². The fraction of sp³-hybridized carbons (Fsp3) is 0.533. The number of halogens is 1. The number of anilines is 1. The van der Waals surface area contributed by atoms with Gasteiger partial charge in [0, 0.05) is 25.2 Å². The van der Waals surface area contributed by atoms with E-state index in [-0.39, 0.29) is 33.7 Å². The molecule has 2 saturated carbocycles. The van der Waals surface area contributed by atoms with E-state index in [9.17, 15) is 19.2 Å². The lowest BCUT2D eigenvalue weighted by Gasteiger charge is -2.21. The minimum atomic E-state index is -0.948.